The van der Waals surface area contributed by atoms with Gasteiger partial charge in [-0.25, -0.2) is 0 Å². The average molecular weight is 312 g/mol. The maximum atomic E-state index is 3.71. The summed E-state index contributed by atoms with van der Waals surface area (Å²) in [5, 5.41) is 3.18. The summed E-state index contributed by atoms with van der Waals surface area (Å²) in [6, 6.07) is 7.23. The number of anilines is 1. The summed E-state index contributed by atoms with van der Waals surface area (Å²) in [6.45, 7) is 6.57. The largest absolute Gasteiger partial charge is 0.365 e. The Hall–Kier alpha value is -0.580. The predicted octanol–water partition coefficient (Wildman–Crippen LogP) is 2.31. The molecule has 1 N–H and O–H groups in total. The molecule has 0 bridgehead atoms. The molecule has 3 nitrogen and oxygen atoms in total. The molecule has 1 aromatic rings. The highest BCUT2D eigenvalue weighted by Crippen LogP contribution is 2.30. The number of nitrogens with one attached hydrogen (secondary N) is 1. The quantitative estimate of drug-likeness (QED) is 0.924. The first kappa shape index (κ1) is 13.8. The van der Waals surface area contributed by atoms with Crippen molar-refractivity contribution in [2.45, 2.75) is 19.5 Å². The number of hydrogen-bond acceptors (Lipinski definition) is 3. The number of benzene rings is 1. The van der Waals surface area contributed by atoms with Gasteiger partial charge in [-0.05, 0) is 54.6 Å². The Morgan fingerprint density at radius 3 is 2.78 bits per heavy atom. The predicted molar refractivity (Wildman–Crippen MR) is 81.2 cm³/mol. The monoisotopic (exact) mass is 311 g/mol. The molecular formula is C14H22BrN3. The zero-order chi connectivity index (χ0) is 13.1. The summed E-state index contributed by atoms with van der Waals surface area (Å²) in [7, 11) is 4.17. The first-order chi connectivity index (χ1) is 8.61. The Balaban J connectivity index is 2.17. The number of halogens is 1. The molecule has 1 unspecified atom stereocenters. The molecule has 0 aliphatic carbocycles. The maximum absolute atomic E-state index is 3.71. The van der Waals surface area contributed by atoms with E-state index in [1.807, 2.05) is 7.05 Å². The SMILES string of the molecule is CNCc1ccc(N2CCN(C)CC2C)c(Br)c1. The summed E-state index contributed by atoms with van der Waals surface area (Å²) in [4.78, 5) is 4.89. The molecule has 1 aromatic carbocycles. The molecule has 0 spiro atoms. The van der Waals surface area contributed by atoms with E-state index in [9.17, 15) is 0 Å². The normalized spacial score (nSPS) is 21.3. The van der Waals surface area contributed by atoms with E-state index in [0.29, 0.717) is 6.04 Å². The van der Waals surface area contributed by atoms with Crippen molar-refractivity contribution in [2.75, 3.05) is 38.6 Å². The van der Waals surface area contributed by atoms with Crippen LogP contribution in [0.5, 0.6) is 0 Å². The van der Waals surface area contributed by atoms with E-state index in [1.54, 1.807) is 0 Å². The minimum atomic E-state index is 0.565. The summed E-state index contributed by atoms with van der Waals surface area (Å²) >= 11 is 3.71. The van der Waals surface area contributed by atoms with E-state index < -0.39 is 0 Å². The van der Waals surface area contributed by atoms with Crippen molar-refractivity contribution in [1.29, 1.82) is 0 Å². The fourth-order valence-corrected chi connectivity index (χ4v) is 3.25. The third-order valence-electron chi connectivity index (χ3n) is 3.53. The Labute approximate surface area is 118 Å². The van der Waals surface area contributed by atoms with Crippen LogP contribution in [0.4, 0.5) is 5.69 Å². The number of piperazine rings is 1. The molecule has 0 amide bonds. The molecule has 1 fully saturated rings. The molecule has 100 valence electrons. The number of nitrogens with zero attached hydrogens (tertiary/aromatic N) is 2. The fourth-order valence-electron chi connectivity index (χ4n) is 2.60. The van der Waals surface area contributed by atoms with Gasteiger partial charge in [-0.15, -0.1) is 0 Å². The van der Waals surface area contributed by atoms with E-state index >= 15 is 0 Å². The van der Waals surface area contributed by atoms with Crippen LogP contribution in [0.25, 0.3) is 0 Å². The van der Waals surface area contributed by atoms with Gasteiger partial charge in [0, 0.05) is 36.7 Å². The second-order valence-corrected chi connectivity index (χ2v) is 5.98. The Kier molecular flexibility index (Phi) is 4.65. The molecule has 1 saturated heterocycles. The van der Waals surface area contributed by atoms with Crippen LogP contribution in [0.2, 0.25) is 0 Å². The molecule has 0 saturated carbocycles. The van der Waals surface area contributed by atoms with Gasteiger partial charge in [-0.2, -0.15) is 0 Å². The van der Waals surface area contributed by atoms with E-state index in [2.05, 4.69) is 63.2 Å². The van der Waals surface area contributed by atoms with Crippen LogP contribution < -0.4 is 10.2 Å². The standard InChI is InChI=1S/C14H22BrN3/c1-11-10-17(3)6-7-18(11)14-5-4-12(9-16-2)8-13(14)15/h4-5,8,11,16H,6-7,9-10H2,1-3H3. The second kappa shape index (κ2) is 6.04. The van der Waals surface area contributed by atoms with Crippen molar-refractivity contribution in [1.82, 2.24) is 10.2 Å². The van der Waals surface area contributed by atoms with Gasteiger partial charge in [-0.1, -0.05) is 6.07 Å². The minimum Gasteiger partial charge on any atom is -0.365 e. The smallest absolute Gasteiger partial charge is 0.0514 e. The third-order valence-corrected chi connectivity index (χ3v) is 4.17. The van der Waals surface area contributed by atoms with Crippen molar-refractivity contribution in [3.05, 3.63) is 28.2 Å². The number of rotatable bonds is 3. The Morgan fingerprint density at radius 1 is 1.39 bits per heavy atom. The van der Waals surface area contributed by atoms with Crippen LogP contribution in [-0.4, -0.2) is 44.7 Å². The first-order valence-corrected chi connectivity index (χ1v) is 7.29. The molecule has 1 aliphatic rings. The highest BCUT2D eigenvalue weighted by Gasteiger charge is 2.22. The number of hydrogen-bond donors (Lipinski definition) is 1. The zero-order valence-electron chi connectivity index (χ0n) is 11.4. The first-order valence-electron chi connectivity index (χ1n) is 6.50. The van der Waals surface area contributed by atoms with Crippen LogP contribution in [0, 0.1) is 0 Å². The molecular weight excluding hydrogens is 290 g/mol. The van der Waals surface area contributed by atoms with E-state index in [4.69, 9.17) is 0 Å². The van der Waals surface area contributed by atoms with Crippen LogP contribution in [-0.2, 0) is 6.54 Å². The highest BCUT2D eigenvalue weighted by atomic mass is 79.9. The summed E-state index contributed by atoms with van der Waals surface area (Å²) in [5.74, 6) is 0. The zero-order valence-corrected chi connectivity index (χ0v) is 13.0. The van der Waals surface area contributed by atoms with Gasteiger partial charge in [0.2, 0.25) is 0 Å². The van der Waals surface area contributed by atoms with Crippen molar-refractivity contribution in [2.24, 2.45) is 0 Å². The van der Waals surface area contributed by atoms with Gasteiger partial charge < -0.3 is 15.1 Å². The summed E-state index contributed by atoms with van der Waals surface area (Å²) in [6.07, 6.45) is 0. The molecule has 1 aliphatic heterocycles. The van der Waals surface area contributed by atoms with Crippen molar-refractivity contribution in [3.63, 3.8) is 0 Å². The third kappa shape index (κ3) is 3.05. The topological polar surface area (TPSA) is 18.5 Å². The van der Waals surface area contributed by atoms with Crippen LogP contribution >= 0.6 is 15.9 Å². The van der Waals surface area contributed by atoms with Crippen molar-refractivity contribution < 1.29 is 0 Å². The van der Waals surface area contributed by atoms with E-state index in [1.165, 1.54) is 15.7 Å². The Morgan fingerprint density at radius 2 is 2.17 bits per heavy atom. The lowest BCUT2D eigenvalue weighted by Gasteiger charge is -2.40. The van der Waals surface area contributed by atoms with Gasteiger partial charge in [0.25, 0.3) is 0 Å². The van der Waals surface area contributed by atoms with E-state index in [-0.39, 0.29) is 0 Å². The molecule has 0 aromatic heterocycles. The molecule has 18 heavy (non-hydrogen) atoms. The van der Waals surface area contributed by atoms with Crippen LogP contribution in [0.3, 0.4) is 0 Å². The second-order valence-electron chi connectivity index (χ2n) is 5.12. The molecule has 4 heteroatoms. The van der Waals surface area contributed by atoms with Crippen LogP contribution in [0.1, 0.15) is 12.5 Å². The van der Waals surface area contributed by atoms with Gasteiger partial charge in [0.15, 0.2) is 0 Å². The lowest BCUT2D eigenvalue weighted by Crippen LogP contribution is -2.50. The lowest BCUT2D eigenvalue weighted by atomic mass is 10.1. The van der Waals surface area contributed by atoms with Crippen molar-refractivity contribution >= 4 is 21.6 Å². The highest BCUT2D eigenvalue weighted by molar-refractivity contribution is 9.10. The lowest BCUT2D eigenvalue weighted by molar-refractivity contribution is 0.275. The average Bonchev–Trinajstić information content (AvgIpc) is 2.31. The van der Waals surface area contributed by atoms with Gasteiger partial charge >= 0.3 is 0 Å². The van der Waals surface area contributed by atoms with Crippen LogP contribution in [0.15, 0.2) is 22.7 Å². The molecule has 0 radical (unpaired) electrons. The fraction of sp³-hybridized carbons (Fsp3) is 0.571. The summed E-state index contributed by atoms with van der Waals surface area (Å²) in [5.41, 5.74) is 2.63. The summed E-state index contributed by atoms with van der Waals surface area (Å²) < 4.78 is 1.20. The Bertz CT molecular complexity index is 408. The van der Waals surface area contributed by atoms with Crippen molar-refractivity contribution in [3.8, 4) is 0 Å². The molecule has 1 atom stereocenters. The number of likely N-dealkylation sites (N-methyl/N-ethyl adjacent to an activating group) is 1. The molecule has 2 rings (SSSR count). The van der Waals surface area contributed by atoms with Gasteiger partial charge in [0.05, 0.1) is 5.69 Å². The van der Waals surface area contributed by atoms with E-state index in [0.717, 1.165) is 26.2 Å². The van der Waals surface area contributed by atoms with Gasteiger partial charge in [0.1, 0.15) is 0 Å². The van der Waals surface area contributed by atoms with Gasteiger partial charge in [-0.3, -0.25) is 0 Å². The minimum absolute atomic E-state index is 0.565. The maximum Gasteiger partial charge on any atom is 0.0514 e. The molecule has 1 heterocycles.